The van der Waals surface area contributed by atoms with Gasteiger partial charge in [-0.3, -0.25) is 9.59 Å². The van der Waals surface area contributed by atoms with E-state index in [4.69, 9.17) is 5.11 Å². The highest BCUT2D eigenvalue weighted by Crippen LogP contribution is 2.30. The highest BCUT2D eigenvalue weighted by Gasteiger charge is 2.29. The minimum absolute atomic E-state index is 0.0566. The lowest BCUT2D eigenvalue weighted by Gasteiger charge is -2.12. The number of carboxylic acids is 1. The molecule has 0 radical (unpaired) electrons. The first-order chi connectivity index (χ1) is 10.1. The van der Waals surface area contributed by atoms with Crippen molar-refractivity contribution in [2.75, 3.05) is 18.4 Å². The van der Waals surface area contributed by atoms with Crippen LogP contribution in [0.3, 0.4) is 0 Å². The Balaban J connectivity index is 1.77. The summed E-state index contributed by atoms with van der Waals surface area (Å²) < 4.78 is 0. The number of anilines is 1. The Labute approximate surface area is 123 Å². The van der Waals surface area contributed by atoms with Crippen molar-refractivity contribution < 1.29 is 19.8 Å². The van der Waals surface area contributed by atoms with Crippen molar-refractivity contribution in [3.05, 3.63) is 29.8 Å². The first-order valence-electron chi connectivity index (χ1n) is 7.07. The van der Waals surface area contributed by atoms with Gasteiger partial charge < -0.3 is 20.8 Å². The monoisotopic (exact) mass is 292 g/mol. The highest BCUT2D eigenvalue weighted by molar-refractivity contribution is 5.93. The van der Waals surface area contributed by atoms with Crippen LogP contribution in [0.15, 0.2) is 24.3 Å². The van der Waals surface area contributed by atoms with Crippen LogP contribution in [-0.4, -0.2) is 35.2 Å². The van der Waals surface area contributed by atoms with Crippen LogP contribution in [0.4, 0.5) is 5.69 Å². The van der Waals surface area contributed by atoms with Gasteiger partial charge >= 0.3 is 5.97 Å². The molecule has 21 heavy (non-hydrogen) atoms. The summed E-state index contributed by atoms with van der Waals surface area (Å²) in [5.41, 5.74) is 1.48. The number of aliphatic hydroxyl groups excluding tert-OH is 1. The zero-order valence-corrected chi connectivity index (χ0v) is 11.7. The average Bonchev–Trinajstić information content (AvgIpc) is 3.28. The Morgan fingerprint density at radius 1 is 1.24 bits per heavy atom. The minimum atomic E-state index is -0.916. The largest absolute Gasteiger partial charge is 0.480 e. The number of nitrogens with one attached hydrogen (secondary N) is 2. The Morgan fingerprint density at radius 2 is 1.90 bits per heavy atom. The van der Waals surface area contributed by atoms with Crippen molar-refractivity contribution in [3.8, 4) is 0 Å². The van der Waals surface area contributed by atoms with Gasteiger partial charge in [0.1, 0.15) is 0 Å². The van der Waals surface area contributed by atoms with Crippen molar-refractivity contribution in [1.29, 1.82) is 0 Å². The molecule has 2 rings (SSSR count). The summed E-state index contributed by atoms with van der Waals surface area (Å²) in [6, 6.07) is 7.07. The van der Waals surface area contributed by atoms with E-state index in [2.05, 4.69) is 10.6 Å². The van der Waals surface area contributed by atoms with E-state index in [1.54, 1.807) is 24.3 Å². The molecule has 0 spiro atoms. The summed E-state index contributed by atoms with van der Waals surface area (Å²) in [6.07, 6.45) is 1.71. The molecule has 1 fully saturated rings. The topological polar surface area (TPSA) is 98.7 Å². The van der Waals surface area contributed by atoms with Gasteiger partial charge in [-0.1, -0.05) is 12.1 Å². The average molecular weight is 292 g/mol. The van der Waals surface area contributed by atoms with E-state index in [0.29, 0.717) is 13.0 Å². The van der Waals surface area contributed by atoms with Crippen molar-refractivity contribution >= 4 is 17.6 Å². The van der Waals surface area contributed by atoms with Gasteiger partial charge in [0.25, 0.3) is 0 Å². The van der Waals surface area contributed by atoms with Gasteiger partial charge in [0.15, 0.2) is 0 Å². The third-order valence-corrected chi connectivity index (χ3v) is 3.38. The third kappa shape index (κ3) is 5.17. The number of carboxylic acid groups (broad SMARTS) is 1. The smallest absolute Gasteiger partial charge is 0.317 e. The fourth-order valence-electron chi connectivity index (χ4n) is 1.98. The molecule has 0 bridgehead atoms. The molecular weight excluding hydrogens is 272 g/mol. The number of hydrogen-bond acceptors (Lipinski definition) is 4. The maximum absolute atomic E-state index is 11.6. The molecule has 1 atom stereocenters. The molecule has 1 aliphatic carbocycles. The van der Waals surface area contributed by atoms with Gasteiger partial charge in [0.2, 0.25) is 5.91 Å². The standard InChI is InChI=1S/C15H20N2O4/c18-13(7-8-16-9-14(19)20)10-3-5-12(6-4-10)17-15(21)11-1-2-11/h3-6,11,13,16,18H,1-2,7-9H2,(H,17,21)(H,19,20). The molecule has 1 saturated carbocycles. The molecule has 0 aliphatic heterocycles. The molecule has 114 valence electrons. The zero-order valence-electron chi connectivity index (χ0n) is 11.7. The number of aliphatic hydroxyl groups is 1. The normalized spacial score (nSPS) is 15.5. The van der Waals surface area contributed by atoms with Gasteiger partial charge in [-0.05, 0) is 43.5 Å². The maximum atomic E-state index is 11.6. The van der Waals surface area contributed by atoms with Crippen LogP contribution >= 0.6 is 0 Å². The van der Waals surface area contributed by atoms with Crippen molar-refractivity contribution in [3.63, 3.8) is 0 Å². The number of carbonyl (C=O) groups excluding carboxylic acids is 1. The first-order valence-corrected chi connectivity index (χ1v) is 7.07. The van der Waals surface area contributed by atoms with Crippen LogP contribution in [0.5, 0.6) is 0 Å². The molecule has 1 aromatic carbocycles. The summed E-state index contributed by atoms with van der Waals surface area (Å²) >= 11 is 0. The van der Waals surface area contributed by atoms with Gasteiger partial charge in [-0.25, -0.2) is 0 Å². The summed E-state index contributed by atoms with van der Waals surface area (Å²) in [5, 5.41) is 24.0. The fraction of sp³-hybridized carbons (Fsp3) is 0.467. The predicted octanol–water partition coefficient (Wildman–Crippen LogP) is 1.13. The molecule has 0 aromatic heterocycles. The number of hydrogen-bond donors (Lipinski definition) is 4. The van der Waals surface area contributed by atoms with Crippen LogP contribution < -0.4 is 10.6 Å². The minimum Gasteiger partial charge on any atom is -0.480 e. The number of amides is 1. The second kappa shape index (κ2) is 7.19. The SMILES string of the molecule is O=C(O)CNCCC(O)c1ccc(NC(=O)C2CC2)cc1. The molecule has 6 heteroatoms. The van der Waals surface area contributed by atoms with Crippen LogP contribution in [0.25, 0.3) is 0 Å². The van der Waals surface area contributed by atoms with E-state index in [-0.39, 0.29) is 18.4 Å². The molecule has 0 heterocycles. The highest BCUT2D eigenvalue weighted by atomic mass is 16.4. The van der Waals surface area contributed by atoms with Gasteiger partial charge in [0, 0.05) is 11.6 Å². The summed E-state index contributed by atoms with van der Waals surface area (Å²) in [5.74, 6) is -0.697. The second-order valence-electron chi connectivity index (χ2n) is 5.26. The van der Waals surface area contributed by atoms with Crippen molar-refractivity contribution in [2.45, 2.75) is 25.4 Å². The van der Waals surface area contributed by atoms with Gasteiger partial charge in [-0.15, -0.1) is 0 Å². The van der Waals surface area contributed by atoms with Crippen LogP contribution in [0.1, 0.15) is 30.9 Å². The molecule has 4 N–H and O–H groups in total. The van der Waals surface area contributed by atoms with Crippen LogP contribution in [-0.2, 0) is 9.59 Å². The van der Waals surface area contributed by atoms with E-state index in [1.165, 1.54) is 0 Å². The summed E-state index contributed by atoms with van der Waals surface area (Å²) in [7, 11) is 0. The Hall–Kier alpha value is -1.92. The van der Waals surface area contributed by atoms with Crippen molar-refractivity contribution in [1.82, 2.24) is 5.32 Å². The van der Waals surface area contributed by atoms with E-state index >= 15 is 0 Å². The zero-order chi connectivity index (χ0) is 15.2. The number of carbonyl (C=O) groups is 2. The maximum Gasteiger partial charge on any atom is 0.317 e. The number of benzene rings is 1. The molecule has 1 unspecified atom stereocenters. The molecule has 1 amide bonds. The fourth-order valence-corrected chi connectivity index (χ4v) is 1.98. The summed E-state index contributed by atoms with van der Waals surface area (Å²) in [4.78, 5) is 21.9. The van der Waals surface area contributed by atoms with Gasteiger partial charge in [0.05, 0.1) is 12.6 Å². The quantitative estimate of drug-likeness (QED) is 0.538. The molecule has 0 saturated heterocycles. The first kappa shape index (κ1) is 15.5. The van der Waals surface area contributed by atoms with Crippen LogP contribution in [0.2, 0.25) is 0 Å². The molecule has 1 aliphatic rings. The third-order valence-electron chi connectivity index (χ3n) is 3.38. The Kier molecular flexibility index (Phi) is 5.30. The lowest BCUT2D eigenvalue weighted by atomic mass is 10.1. The van der Waals surface area contributed by atoms with Crippen LogP contribution in [0, 0.1) is 5.92 Å². The number of aliphatic carboxylic acids is 1. The predicted molar refractivity (Wildman–Crippen MR) is 77.9 cm³/mol. The summed E-state index contributed by atoms with van der Waals surface area (Å²) in [6.45, 7) is 0.312. The molecule has 6 nitrogen and oxygen atoms in total. The Morgan fingerprint density at radius 3 is 2.48 bits per heavy atom. The number of rotatable bonds is 8. The lowest BCUT2D eigenvalue weighted by Crippen LogP contribution is -2.24. The second-order valence-corrected chi connectivity index (χ2v) is 5.26. The van der Waals surface area contributed by atoms with E-state index < -0.39 is 12.1 Å². The van der Waals surface area contributed by atoms with Crippen molar-refractivity contribution in [2.24, 2.45) is 5.92 Å². The Bertz CT molecular complexity index is 497. The van der Waals surface area contributed by atoms with E-state index in [0.717, 1.165) is 24.1 Å². The molecular formula is C15H20N2O4. The lowest BCUT2D eigenvalue weighted by molar-refractivity contribution is -0.136. The van der Waals surface area contributed by atoms with E-state index in [1.807, 2.05) is 0 Å². The van der Waals surface area contributed by atoms with Gasteiger partial charge in [-0.2, -0.15) is 0 Å². The molecule has 1 aromatic rings. The van der Waals surface area contributed by atoms with E-state index in [9.17, 15) is 14.7 Å².